The molecule has 186 valence electrons. The molecule has 3 heteroatoms. The van der Waals surface area contributed by atoms with Crippen LogP contribution in [0.25, 0.3) is 0 Å². The molecule has 0 amide bonds. The minimum atomic E-state index is -0.527. The predicted octanol–water partition coefficient (Wildman–Crippen LogP) is 7.09. The van der Waals surface area contributed by atoms with E-state index in [2.05, 4.69) is 54.5 Å². The van der Waals surface area contributed by atoms with Gasteiger partial charge in [0, 0.05) is 5.41 Å². The summed E-state index contributed by atoms with van der Waals surface area (Å²) in [5.74, 6) is 1.97. The van der Waals surface area contributed by atoms with Gasteiger partial charge in [-0.1, -0.05) is 60.1 Å². The third-order valence-electron chi connectivity index (χ3n) is 13.4. The van der Waals surface area contributed by atoms with Crippen molar-refractivity contribution in [2.75, 3.05) is 0 Å². The van der Waals surface area contributed by atoms with Gasteiger partial charge in [0.15, 0.2) is 0 Å². The fourth-order valence-corrected chi connectivity index (χ4v) is 10.9. The van der Waals surface area contributed by atoms with Gasteiger partial charge in [-0.25, -0.2) is 0 Å². The first-order valence-electron chi connectivity index (χ1n) is 13.9. The predicted molar refractivity (Wildman–Crippen MR) is 133 cm³/mol. The molecule has 4 fully saturated rings. The van der Waals surface area contributed by atoms with Crippen LogP contribution in [0, 0.1) is 56.7 Å². The Bertz CT molecular complexity index is 874. The summed E-state index contributed by atoms with van der Waals surface area (Å²) in [6.07, 6.45) is 11.6. The highest BCUT2D eigenvalue weighted by Crippen LogP contribution is 2.77. The summed E-state index contributed by atoms with van der Waals surface area (Å²) in [6.45, 7) is 16.9. The lowest BCUT2D eigenvalue weighted by atomic mass is 9.31. The number of carbonyl (C=O) groups is 1. The maximum atomic E-state index is 12.9. The topological polar surface area (TPSA) is 57.5 Å². The summed E-state index contributed by atoms with van der Waals surface area (Å²) >= 11 is 0. The van der Waals surface area contributed by atoms with Gasteiger partial charge in [-0.05, 0) is 104 Å². The number of hydrogen-bond acceptors (Lipinski definition) is 2. The van der Waals surface area contributed by atoms with Gasteiger partial charge >= 0.3 is 5.97 Å². The normalized spacial score (nSPS) is 55.3. The Morgan fingerprint density at radius 1 is 0.909 bits per heavy atom. The van der Waals surface area contributed by atoms with Crippen LogP contribution in [0.15, 0.2) is 11.6 Å². The first-order valence-corrected chi connectivity index (χ1v) is 13.9. The van der Waals surface area contributed by atoms with E-state index in [4.69, 9.17) is 0 Å². The van der Waals surface area contributed by atoms with Gasteiger partial charge in [-0.2, -0.15) is 0 Å². The summed E-state index contributed by atoms with van der Waals surface area (Å²) in [5.41, 5.74) is 1.34. The second kappa shape index (κ2) is 7.11. The van der Waals surface area contributed by atoms with Crippen molar-refractivity contribution < 1.29 is 15.0 Å². The molecule has 0 aromatic carbocycles. The van der Waals surface area contributed by atoms with Crippen molar-refractivity contribution in [2.24, 2.45) is 56.7 Å². The summed E-state index contributed by atoms with van der Waals surface area (Å²) in [5, 5.41) is 21.4. The molecule has 0 heterocycles. The maximum absolute atomic E-state index is 12.9. The van der Waals surface area contributed by atoms with E-state index in [1.54, 1.807) is 0 Å². The molecule has 5 aliphatic carbocycles. The van der Waals surface area contributed by atoms with Crippen LogP contribution in [-0.2, 0) is 4.79 Å². The minimum Gasteiger partial charge on any atom is -0.481 e. The van der Waals surface area contributed by atoms with Gasteiger partial charge in [0.05, 0.1) is 11.5 Å². The van der Waals surface area contributed by atoms with Gasteiger partial charge in [-0.3, -0.25) is 4.79 Å². The number of aliphatic hydroxyl groups is 1. The fraction of sp³-hybridized carbons (Fsp3) is 0.900. The molecule has 0 aromatic rings. The lowest BCUT2D eigenvalue weighted by molar-refractivity contribution is -0.244. The minimum absolute atomic E-state index is 0.0664. The quantitative estimate of drug-likeness (QED) is 0.414. The summed E-state index contributed by atoms with van der Waals surface area (Å²) in [7, 11) is 0. The SMILES string of the molecule is C[C@H]1[C@H](C)CC[C@]2(C(=O)O)CC[C@]3(C)[C@H]4CC=C5[C@@H](CC[C@H](O)C5(C)C)[C@]4(C)CC[C@@]3(C)[C@H]12. The smallest absolute Gasteiger partial charge is 0.309 e. The zero-order valence-corrected chi connectivity index (χ0v) is 22.2. The number of rotatable bonds is 1. The molecule has 4 saturated carbocycles. The van der Waals surface area contributed by atoms with Crippen LogP contribution in [0.5, 0.6) is 0 Å². The van der Waals surface area contributed by atoms with E-state index in [1.165, 1.54) is 12.0 Å². The second-order valence-electron chi connectivity index (χ2n) is 14.5. The van der Waals surface area contributed by atoms with E-state index >= 15 is 0 Å². The lowest BCUT2D eigenvalue weighted by Crippen LogP contribution is -2.68. The number of allylic oxidation sites excluding steroid dienone is 1. The molecule has 0 spiro atoms. The largest absolute Gasteiger partial charge is 0.481 e. The van der Waals surface area contributed by atoms with E-state index < -0.39 is 11.4 Å². The maximum Gasteiger partial charge on any atom is 0.309 e. The molecule has 5 rings (SSSR count). The van der Waals surface area contributed by atoms with Gasteiger partial charge in [0.25, 0.3) is 0 Å². The summed E-state index contributed by atoms with van der Waals surface area (Å²) in [6, 6.07) is 0. The van der Waals surface area contributed by atoms with E-state index in [1.807, 2.05) is 0 Å². The number of aliphatic hydroxyl groups excluding tert-OH is 1. The van der Waals surface area contributed by atoms with Crippen LogP contribution in [-0.4, -0.2) is 22.3 Å². The summed E-state index contributed by atoms with van der Waals surface area (Å²) in [4.78, 5) is 12.9. The molecular weight excluding hydrogens is 408 g/mol. The zero-order valence-electron chi connectivity index (χ0n) is 22.2. The van der Waals surface area contributed by atoms with Crippen LogP contribution >= 0.6 is 0 Å². The van der Waals surface area contributed by atoms with E-state index in [0.29, 0.717) is 23.7 Å². The van der Waals surface area contributed by atoms with Gasteiger partial charge in [-0.15, -0.1) is 0 Å². The fourth-order valence-electron chi connectivity index (χ4n) is 10.9. The third-order valence-corrected chi connectivity index (χ3v) is 13.4. The highest BCUT2D eigenvalue weighted by atomic mass is 16.4. The molecular formula is C30H48O3. The molecule has 0 unspecified atom stereocenters. The molecule has 0 aromatic heterocycles. The van der Waals surface area contributed by atoms with Crippen molar-refractivity contribution in [1.29, 1.82) is 0 Å². The highest BCUT2D eigenvalue weighted by Gasteiger charge is 2.71. The van der Waals surface area contributed by atoms with Crippen LogP contribution in [0.4, 0.5) is 0 Å². The molecule has 0 bridgehead atoms. The Labute approximate surface area is 201 Å². The second-order valence-corrected chi connectivity index (χ2v) is 14.5. The van der Waals surface area contributed by atoms with Gasteiger partial charge in [0.2, 0.25) is 0 Å². The van der Waals surface area contributed by atoms with Crippen molar-refractivity contribution in [3.05, 3.63) is 11.6 Å². The van der Waals surface area contributed by atoms with Crippen molar-refractivity contribution in [1.82, 2.24) is 0 Å². The van der Waals surface area contributed by atoms with Crippen molar-refractivity contribution in [2.45, 2.75) is 112 Å². The number of hydrogen-bond donors (Lipinski definition) is 2. The van der Waals surface area contributed by atoms with E-state index in [0.717, 1.165) is 51.4 Å². The number of fused-ring (bicyclic) bond motifs is 7. The number of aliphatic carboxylic acids is 1. The molecule has 10 atom stereocenters. The van der Waals surface area contributed by atoms with Crippen LogP contribution in [0.1, 0.15) is 106 Å². The average Bonchev–Trinajstić information content (AvgIpc) is 2.74. The molecule has 2 N–H and O–H groups in total. The number of carboxylic acid groups (broad SMARTS) is 1. The van der Waals surface area contributed by atoms with Crippen LogP contribution < -0.4 is 0 Å². The monoisotopic (exact) mass is 456 g/mol. The first kappa shape index (κ1) is 23.9. The Kier molecular flexibility index (Phi) is 5.15. The Balaban J connectivity index is 1.61. The van der Waals surface area contributed by atoms with Crippen LogP contribution in [0.3, 0.4) is 0 Å². The van der Waals surface area contributed by atoms with E-state index in [9.17, 15) is 15.0 Å². The Morgan fingerprint density at radius 3 is 2.24 bits per heavy atom. The molecule has 0 aliphatic heterocycles. The molecule has 5 aliphatic rings. The van der Waals surface area contributed by atoms with Gasteiger partial charge < -0.3 is 10.2 Å². The van der Waals surface area contributed by atoms with Crippen molar-refractivity contribution in [3.63, 3.8) is 0 Å². The van der Waals surface area contributed by atoms with E-state index in [-0.39, 0.29) is 33.7 Å². The average molecular weight is 457 g/mol. The Hall–Kier alpha value is -0.830. The number of carboxylic acids is 1. The van der Waals surface area contributed by atoms with Crippen molar-refractivity contribution >= 4 is 5.97 Å². The lowest BCUT2D eigenvalue weighted by Gasteiger charge is -2.73. The Morgan fingerprint density at radius 2 is 1.58 bits per heavy atom. The first-order chi connectivity index (χ1) is 15.3. The summed E-state index contributed by atoms with van der Waals surface area (Å²) < 4.78 is 0. The van der Waals surface area contributed by atoms with Crippen LogP contribution in [0.2, 0.25) is 0 Å². The van der Waals surface area contributed by atoms with Gasteiger partial charge in [0.1, 0.15) is 0 Å². The molecule has 33 heavy (non-hydrogen) atoms. The highest BCUT2D eigenvalue weighted by molar-refractivity contribution is 5.76. The molecule has 0 saturated heterocycles. The standard InChI is InChI=1S/C30H48O3/c1-18-12-13-30(25(32)33)17-16-28(6)22-10-8-20-21(9-11-23(31)26(20,3)4)27(22,5)14-15-29(28,7)24(30)19(18)2/h8,18-19,21-24,31H,9-17H2,1-7H3,(H,32,33)/t18-,19+,21-,22+,23+,24+,27+,28-,29+,30+/m1/s1. The van der Waals surface area contributed by atoms with Crippen molar-refractivity contribution in [3.8, 4) is 0 Å². The molecule has 3 nitrogen and oxygen atoms in total. The molecule has 0 radical (unpaired) electrons. The zero-order chi connectivity index (χ0) is 24.2. The third kappa shape index (κ3) is 2.75.